The quantitative estimate of drug-likeness (QED) is 0.0488. The summed E-state index contributed by atoms with van der Waals surface area (Å²) in [5, 5.41) is 18.7. The number of carbonyl (C=O) groups excluding carboxylic acids is 1. The van der Waals surface area contributed by atoms with Crippen LogP contribution in [0.1, 0.15) is 37.5 Å². The monoisotopic (exact) mass is 557 g/mol. The van der Waals surface area contributed by atoms with Gasteiger partial charge < -0.3 is 14.4 Å². The molecule has 1 saturated heterocycles. The Balaban J connectivity index is 1.20. The molecule has 0 atom stereocenters. The molecular weight excluding hydrogens is 530 g/mol. The molecule has 1 fully saturated rings. The molecule has 0 aliphatic carbocycles. The topological polar surface area (TPSA) is 100 Å². The zero-order valence-electron chi connectivity index (χ0n) is 21.5. The van der Waals surface area contributed by atoms with Gasteiger partial charge in [-0.25, -0.2) is 9.78 Å². The molecule has 8 nitrogen and oxygen atoms in total. The number of nitrogens with zero attached hydrogens (tertiary/aromatic N) is 5. The smallest absolute Gasteiger partial charge is 0.354 e. The van der Waals surface area contributed by atoms with Crippen LogP contribution in [0.15, 0.2) is 70.4 Å². The van der Waals surface area contributed by atoms with E-state index in [2.05, 4.69) is 39.2 Å². The minimum Gasteiger partial charge on any atom is -0.494 e. The number of azo groups is 1. The molecule has 4 aromatic rings. The summed E-state index contributed by atoms with van der Waals surface area (Å²) in [4.78, 5) is 21.0. The number of anilines is 1. The van der Waals surface area contributed by atoms with Gasteiger partial charge in [0.2, 0.25) is 5.13 Å². The molecule has 0 unspecified atom stereocenters. The van der Waals surface area contributed by atoms with Crippen LogP contribution in [0.2, 0.25) is 0 Å². The van der Waals surface area contributed by atoms with Crippen molar-refractivity contribution in [1.29, 1.82) is 5.26 Å². The molecule has 0 radical (unpaired) electrons. The van der Waals surface area contributed by atoms with Crippen molar-refractivity contribution >= 4 is 60.8 Å². The number of esters is 1. The molecule has 10 heteroatoms. The first-order valence-electron chi connectivity index (χ1n) is 12.9. The number of aromatic nitrogens is 1. The van der Waals surface area contributed by atoms with Crippen LogP contribution in [-0.4, -0.2) is 30.6 Å². The van der Waals surface area contributed by atoms with E-state index in [1.165, 1.54) is 47.3 Å². The minimum atomic E-state index is -0.716. The largest absolute Gasteiger partial charge is 0.494 e. The van der Waals surface area contributed by atoms with E-state index < -0.39 is 5.97 Å². The van der Waals surface area contributed by atoms with E-state index in [4.69, 9.17) is 9.47 Å². The fraction of sp³-hybridized carbons (Fsp3) is 0.276. The zero-order chi connectivity index (χ0) is 27.0. The van der Waals surface area contributed by atoms with E-state index in [0.717, 1.165) is 46.0 Å². The van der Waals surface area contributed by atoms with Gasteiger partial charge in [-0.3, -0.25) is 0 Å². The van der Waals surface area contributed by atoms with E-state index in [-0.39, 0.29) is 5.57 Å². The highest BCUT2D eigenvalue weighted by Gasteiger charge is 2.15. The van der Waals surface area contributed by atoms with Crippen molar-refractivity contribution < 1.29 is 14.3 Å². The lowest BCUT2D eigenvalue weighted by atomic mass is 10.2. The Morgan fingerprint density at radius 2 is 1.82 bits per heavy atom. The fourth-order valence-electron chi connectivity index (χ4n) is 4.04. The van der Waals surface area contributed by atoms with Crippen LogP contribution in [0.25, 0.3) is 15.6 Å². The molecule has 2 aromatic heterocycles. The van der Waals surface area contributed by atoms with E-state index in [9.17, 15) is 10.1 Å². The van der Waals surface area contributed by atoms with Gasteiger partial charge >= 0.3 is 5.97 Å². The van der Waals surface area contributed by atoms with E-state index >= 15 is 0 Å². The van der Waals surface area contributed by atoms with E-state index in [1.54, 1.807) is 24.3 Å². The molecule has 198 valence electrons. The molecule has 5 rings (SSSR count). The van der Waals surface area contributed by atoms with Gasteiger partial charge in [-0.05, 0) is 79.9 Å². The average molecular weight is 558 g/mol. The first kappa shape index (κ1) is 26.5. The van der Waals surface area contributed by atoms with Gasteiger partial charge in [0, 0.05) is 23.7 Å². The lowest BCUT2D eigenvalue weighted by Crippen LogP contribution is -2.17. The SMILES string of the molecule is CCCCOc1ccc(OC(=O)/C(C#N)=C/c2cc3sc(N=Nc4ccc(N5CCCC5)cc4)nc3s2)cc1. The number of rotatable bonds is 10. The lowest BCUT2D eigenvalue weighted by molar-refractivity contribution is -0.129. The van der Waals surface area contributed by atoms with Crippen LogP contribution in [0.4, 0.5) is 16.5 Å². The third-order valence-electron chi connectivity index (χ3n) is 6.10. The van der Waals surface area contributed by atoms with Crippen LogP contribution in [0, 0.1) is 11.3 Å². The van der Waals surface area contributed by atoms with Crippen LogP contribution in [0.3, 0.4) is 0 Å². The van der Waals surface area contributed by atoms with Gasteiger partial charge in [-0.2, -0.15) is 5.26 Å². The molecule has 0 saturated carbocycles. The molecule has 0 N–H and O–H groups in total. The minimum absolute atomic E-state index is 0.0931. The Morgan fingerprint density at radius 3 is 2.51 bits per heavy atom. The van der Waals surface area contributed by atoms with Gasteiger partial charge in [0.1, 0.15) is 28.0 Å². The Labute approximate surface area is 234 Å². The summed E-state index contributed by atoms with van der Waals surface area (Å²) in [6, 6.07) is 18.7. The van der Waals surface area contributed by atoms with Gasteiger partial charge in [0.25, 0.3) is 0 Å². The number of nitriles is 1. The van der Waals surface area contributed by atoms with Gasteiger partial charge in [-0.1, -0.05) is 24.7 Å². The van der Waals surface area contributed by atoms with Crippen LogP contribution in [0.5, 0.6) is 11.5 Å². The first-order chi connectivity index (χ1) is 19.1. The van der Waals surface area contributed by atoms with Gasteiger partial charge in [-0.15, -0.1) is 21.6 Å². The second-order valence-electron chi connectivity index (χ2n) is 8.96. The number of benzene rings is 2. The van der Waals surface area contributed by atoms with Crippen molar-refractivity contribution in [1.82, 2.24) is 4.98 Å². The lowest BCUT2D eigenvalue weighted by Gasteiger charge is -2.17. The maximum absolute atomic E-state index is 12.6. The Bertz CT molecular complexity index is 1490. The molecule has 3 heterocycles. The van der Waals surface area contributed by atoms with Crippen molar-refractivity contribution in [2.75, 3.05) is 24.6 Å². The second kappa shape index (κ2) is 12.7. The van der Waals surface area contributed by atoms with Crippen molar-refractivity contribution in [2.45, 2.75) is 32.6 Å². The third-order valence-corrected chi connectivity index (χ3v) is 8.09. The summed E-state index contributed by atoms with van der Waals surface area (Å²) in [6.07, 6.45) is 6.03. The van der Waals surface area contributed by atoms with Gasteiger partial charge in [0.05, 0.1) is 17.0 Å². The summed E-state index contributed by atoms with van der Waals surface area (Å²) in [5.74, 6) is 0.338. The summed E-state index contributed by atoms with van der Waals surface area (Å²) in [5.41, 5.74) is 1.90. The molecule has 39 heavy (non-hydrogen) atoms. The number of ether oxygens (including phenoxy) is 2. The predicted octanol–water partition coefficient (Wildman–Crippen LogP) is 8.06. The zero-order valence-corrected chi connectivity index (χ0v) is 23.1. The number of carbonyl (C=O) groups is 1. The van der Waals surface area contributed by atoms with Crippen LogP contribution in [-0.2, 0) is 4.79 Å². The molecule has 0 amide bonds. The molecule has 1 aliphatic heterocycles. The maximum atomic E-state index is 12.6. The van der Waals surface area contributed by atoms with Crippen LogP contribution >= 0.6 is 22.7 Å². The van der Waals surface area contributed by atoms with Crippen molar-refractivity contribution in [2.24, 2.45) is 10.2 Å². The van der Waals surface area contributed by atoms with Crippen molar-refractivity contribution in [3.63, 3.8) is 0 Å². The molecule has 1 aliphatic rings. The standard InChI is InChI=1S/C29H27N5O3S2/c1-2-3-16-36-23-10-12-24(13-11-23)37-28(35)20(19-30)17-25-18-26-27(38-25)31-29(39-26)33-32-21-6-8-22(9-7-21)34-14-4-5-15-34/h6-13,17-18H,2-5,14-16H2,1H3/b20-17+,33-32?. The molecule has 0 bridgehead atoms. The highest BCUT2D eigenvalue weighted by atomic mass is 32.1. The van der Waals surface area contributed by atoms with Crippen LogP contribution < -0.4 is 14.4 Å². The average Bonchev–Trinajstić information content (AvgIpc) is 3.69. The Kier molecular flexibility index (Phi) is 8.61. The molecule has 0 spiro atoms. The molecule has 2 aromatic carbocycles. The third kappa shape index (κ3) is 6.88. The second-order valence-corrected chi connectivity index (χ2v) is 11.0. The Morgan fingerprint density at radius 1 is 1.08 bits per heavy atom. The Hall–Kier alpha value is -4.07. The highest BCUT2D eigenvalue weighted by molar-refractivity contribution is 7.29. The normalized spacial score (nSPS) is 13.7. The summed E-state index contributed by atoms with van der Waals surface area (Å²) < 4.78 is 11.9. The number of hydrogen-bond acceptors (Lipinski definition) is 10. The number of thiophene rings is 1. The molecular formula is C29H27N5O3S2. The van der Waals surface area contributed by atoms with Crippen molar-refractivity contribution in [3.05, 3.63) is 65.0 Å². The first-order valence-corrected chi connectivity index (χ1v) is 14.5. The maximum Gasteiger partial charge on any atom is 0.354 e. The van der Waals surface area contributed by atoms with E-state index in [1.807, 2.05) is 24.3 Å². The number of hydrogen-bond donors (Lipinski definition) is 0. The summed E-state index contributed by atoms with van der Waals surface area (Å²) >= 11 is 2.78. The summed E-state index contributed by atoms with van der Waals surface area (Å²) in [7, 11) is 0. The fourth-order valence-corrected chi connectivity index (χ4v) is 6.03. The number of unbranched alkanes of at least 4 members (excludes halogenated alkanes) is 1. The van der Waals surface area contributed by atoms with Crippen molar-refractivity contribution in [3.8, 4) is 17.6 Å². The highest BCUT2D eigenvalue weighted by Crippen LogP contribution is 2.36. The van der Waals surface area contributed by atoms with Gasteiger partial charge in [0.15, 0.2) is 0 Å². The van der Waals surface area contributed by atoms with E-state index in [0.29, 0.717) is 23.2 Å². The predicted molar refractivity (Wildman–Crippen MR) is 156 cm³/mol. The number of fused-ring (bicyclic) bond motifs is 1. The number of thiazole rings is 1. The summed E-state index contributed by atoms with van der Waals surface area (Å²) in [6.45, 7) is 4.95.